The van der Waals surface area contributed by atoms with Crippen molar-refractivity contribution in [3.63, 3.8) is 0 Å². The van der Waals surface area contributed by atoms with E-state index in [4.69, 9.17) is 0 Å². The summed E-state index contributed by atoms with van der Waals surface area (Å²) in [7, 11) is -0.731. The van der Waals surface area contributed by atoms with Crippen molar-refractivity contribution < 1.29 is 4.21 Å². The lowest BCUT2D eigenvalue weighted by Gasteiger charge is -2.34. The van der Waals surface area contributed by atoms with Gasteiger partial charge >= 0.3 is 0 Å². The highest BCUT2D eigenvalue weighted by molar-refractivity contribution is 7.84. The van der Waals surface area contributed by atoms with Gasteiger partial charge in [0, 0.05) is 66.1 Å². The molecule has 1 fully saturated rings. The summed E-state index contributed by atoms with van der Waals surface area (Å²) in [6, 6.07) is 4.69. The first-order valence-corrected chi connectivity index (χ1v) is 8.49. The molecule has 4 nitrogen and oxygen atoms in total. The summed E-state index contributed by atoms with van der Waals surface area (Å²) in [6.45, 7) is 5.04. The standard InChI is InChI=1S/C14H23N3OS/c1-12(19(2)18)11-16-13-5-9-17(10-6-13)14-3-7-15-8-4-14/h3-4,7-8,12-13,16H,5-6,9-11H2,1-2H3. The maximum Gasteiger partial charge on any atom is 0.0441 e. The smallest absolute Gasteiger partial charge is 0.0441 e. The van der Waals surface area contributed by atoms with Crippen molar-refractivity contribution in [1.82, 2.24) is 10.3 Å². The minimum Gasteiger partial charge on any atom is -0.371 e. The molecule has 2 rings (SSSR count). The first-order valence-electron chi connectivity index (χ1n) is 6.87. The Kier molecular flexibility index (Phi) is 5.34. The first kappa shape index (κ1) is 14.5. The fourth-order valence-corrected chi connectivity index (χ4v) is 2.68. The van der Waals surface area contributed by atoms with Crippen molar-refractivity contribution in [3.8, 4) is 0 Å². The molecule has 2 atom stereocenters. The maximum atomic E-state index is 11.3. The number of nitrogens with one attached hydrogen (secondary N) is 1. The van der Waals surface area contributed by atoms with E-state index in [1.165, 1.54) is 5.69 Å². The number of aromatic nitrogens is 1. The van der Waals surface area contributed by atoms with Gasteiger partial charge in [-0.25, -0.2) is 0 Å². The van der Waals surface area contributed by atoms with Crippen molar-refractivity contribution in [2.45, 2.75) is 31.1 Å². The zero-order chi connectivity index (χ0) is 13.7. The predicted octanol–water partition coefficient (Wildman–Crippen LogP) is 1.41. The van der Waals surface area contributed by atoms with Gasteiger partial charge in [0.15, 0.2) is 0 Å². The fraction of sp³-hybridized carbons (Fsp3) is 0.643. The number of pyridine rings is 1. The molecule has 0 spiro atoms. The van der Waals surface area contributed by atoms with Gasteiger partial charge in [0.2, 0.25) is 0 Å². The highest BCUT2D eigenvalue weighted by Crippen LogP contribution is 2.18. The number of nitrogens with zero attached hydrogens (tertiary/aromatic N) is 2. The van der Waals surface area contributed by atoms with E-state index in [0.717, 1.165) is 32.5 Å². The molecule has 19 heavy (non-hydrogen) atoms. The number of hydrogen-bond donors (Lipinski definition) is 1. The molecule has 1 aromatic rings. The van der Waals surface area contributed by atoms with E-state index in [0.29, 0.717) is 6.04 Å². The van der Waals surface area contributed by atoms with Gasteiger partial charge in [-0.1, -0.05) is 0 Å². The van der Waals surface area contributed by atoms with Crippen LogP contribution in [0.2, 0.25) is 0 Å². The van der Waals surface area contributed by atoms with Gasteiger partial charge in [0.25, 0.3) is 0 Å². The van der Waals surface area contributed by atoms with Gasteiger partial charge in [-0.2, -0.15) is 0 Å². The third-order valence-corrected chi connectivity index (χ3v) is 5.08. The Hall–Kier alpha value is -0.940. The van der Waals surface area contributed by atoms with Gasteiger partial charge < -0.3 is 10.2 Å². The molecule has 1 N–H and O–H groups in total. The van der Waals surface area contributed by atoms with E-state index < -0.39 is 10.8 Å². The van der Waals surface area contributed by atoms with Crippen LogP contribution in [0.3, 0.4) is 0 Å². The summed E-state index contributed by atoms with van der Waals surface area (Å²) in [6.07, 6.45) is 7.75. The normalized spacial score (nSPS) is 20.2. The number of rotatable bonds is 5. The maximum absolute atomic E-state index is 11.3. The SMILES string of the molecule is CC(CNC1CCN(c2ccncc2)CC1)S(C)=O. The van der Waals surface area contributed by atoms with Crippen molar-refractivity contribution in [3.05, 3.63) is 24.5 Å². The summed E-state index contributed by atoms with van der Waals surface area (Å²) in [5.41, 5.74) is 1.26. The Morgan fingerprint density at radius 1 is 1.42 bits per heavy atom. The van der Waals surface area contributed by atoms with Crippen LogP contribution in [0.25, 0.3) is 0 Å². The second-order valence-electron chi connectivity index (χ2n) is 5.18. The van der Waals surface area contributed by atoms with Crippen LogP contribution in [-0.2, 0) is 10.8 Å². The largest absolute Gasteiger partial charge is 0.371 e. The van der Waals surface area contributed by atoms with E-state index in [1.807, 2.05) is 19.3 Å². The minimum atomic E-state index is -0.731. The first-order chi connectivity index (χ1) is 9.16. The van der Waals surface area contributed by atoms with E-state index in [-0.39, 0.29) is 5.25 Å². The molecule has 0 amide bonds. The molecule has 0 aromatic carbocycles. The molecule has 0 bridgehead atoms. The molecule has 0 saturated carbocycles. The molecule has 106 valence electrons. The second-order valence-corrected chi connectivity index (χ2v) is 6.99. The van der Waals surface area contributed by atoms with Crippen molar-refractivity contribution in [2.24, 2.45) is 0 Å². The minimum absolute atomic E-state index is 0.234. The topological polar surface area (TPSA) is 45.2 Å². The third kappa shape index (κ3) is 4.28. The summed E-state index contributed by atoms with van der Waals surface area (Å²) in [5.74, 6) is 0. The van der Waals surface area contributed by atoms with Gasteiger partial charge in [-0.3, -0.25) is 9.19 Å². The van der Waals surface area contributed by atoms with Gasteiger partial charge in [0.1, 0.15) is 0 Å². The molecule has 2 heterocycles. The molecule has 5 heteroatoms. The fourth-order valence-electron chi connectivity index (χ4n) is 2.35. The lowest BCUT2D eigenvalue weighted by molar-refractivity contribution is 0.416. The molecular weight excluding hydrogens is 258 g/mol. The Morgan fingerprint density at radius 2 is 2.05 bits per heavy atom. The highest BCUT2D eigenvalue weighted by atomic mass is 32.2. The van der Waals surface area contributed by atoms with Crippen LogP contribution < -0.4 is 10.2 Å². The van der Waals surface area contributed by atoms with Crippen molar-refractivity contribution in [1.29, 1.82) is 0 Å². The lowest BCUT2D eigenvalue weighted by atomic mass is 10.0. The molecule has 0 radical (unpaired) electrons. The van der Waals surface area contributed by atoms with Gasteiger partial charge in [-0.15, -0.1) is 0 Å². The Morgan fingerprint density at radius 3 is 2.63 bits per heavy atom. The zero-order valence-corrected chi connectivity index (χ0v) is 12.5. The number of anilines is 1. The van der Waals surface area contributed by atoms with Crippen LogP contribution in [0.5, 0.6) is 0 Å². The average molecular weight is 281 g/mol. The Balaban J connectivity index is 1.75. The van der Waals surface area contributed by atoms with Crippen LogP contribution in [0.4, 0.5) is 5.69 Å². The molecule has 1 aliphatic rings. The predicted molar refractivity (Wildman–Crippen MR) is 81.0 cm³/mol. The molecular formula is C14H23N3OS. The molecule has 2 unspecified atom stereocenters. The van der Waals surface area contributed by atoms with Crippen molar-refractivity contribution >= 4 is 16.5 Å². The Labute approximate surface area is 118 Å². The molecule has 0 aliphatic carbocycles. The molecule has 1 aliphatic heterocycles. The summed E-state index contributed by atoms with van der Waals surface area (Å²) < 4.78 is 11.3. The van der Waals surface area contributed by atoms with E-state index in [9.17, 15) is 4.21 Å². The van der Waals surface area contributed by atoms with E-state index in [1.54, 1.807) is 6.26 Å². The average Bonchev–Trinajstić information content (AvgIpc) is 2.46. The number of piperidine rings is 1. The van der Waals surface area contributed by atoms with E-state index >= 15 is 0 Å². The zero-order valence-electron chi connectivity index (χ0n) is 11.7. The van der Waals surface area contributed by atoms with Gasteiger partial charge in [-0.05, 0) is 31.9 Å². The second kappa shape index (κ2) is 7.01. The summed E-state index contributed by atoms with van der Waals surface area (Å²) in [5, 5.41) is 3.78. The third-order valence-electron chi connectivity index (χ3n) is 3.78. The molecule has 1 saturated heterocycles. The van der Waals surface area contributed by atoms with Gasteiger partial charge in [0.05, 0.1) is 0 Å². The summed E-state index contributed by atoms with van der Waals surface area (Å²) in [4.78, 5) is 6.46. The monoisotopic (exact) mass is 281 g/mol. The van der Waals surface area contributed by atoms with Crippen LogP contribution in [-0.4, -0.2) is 46.4 Å². The molecule has 1 aromatic heterocycles. The summed E-state index contributed by atoms with van der Waals surface area (Å²) >= 11 is 0. The Bertz CT molecular complexity index is 404. The quantitative estimate of drug-likeness (QED) is 0.886. The van der Waals surface area contributed by atoms with Crippen LogP contribution in [0, 0.1) is 0 Å². The number of hydrogen-bond acceptors (Lipinski definition) is 4. The van der Waals surface area contributed by atoms with Crippen LogP contribution >= 0.6 is 0 Å². The highest BCUT2D eigenvalue weighted by Gasteiger charge is 2.19. The van der Waals surface area contributed by atoms with E-state index in [2.05, 4.69) is 27.3 Å². The van der Waals surface area contributed by atoms with Crippen LogP contribution in [0.1, 0.15) is 19.8 Å². The van der Waals surface area contributed by atoms with Crippen molar-refractivity contribution in [2.75, 3.05) is 30.8 Å². The lowest BCUT2D eigenvalue weighted by Crippen LogP contribution is -2.44. The van der Waals surface area contributed by atoms with Crippen LogP contribution in [0.15, 0.2) is 24.5 Å².